The first-order valence-electron chi connectivity index (χ1n) is 8.29. The minimum absolute atomic E-state index is 0.0180. The molecule has 3 aromatic rings. The molecule has 1 aliphatic rings. The lowest BCUT2D eigenvalue weighted by Crippen LogP contribution is -2.21. The van der Waals surface area contributed by atoms with Gasteiger partial charge in [-0.05, 0) is 24.6 Å². The number of hydrogen-bond acceptors (Lipinski definition) is 6. The number of nitrogens with zero attached hydrogens (tertiary/aromatic N) is 4. The first-order valence-corrected chi connectivity index (χ1v) is 9.10. The van der Waals surface area contributed by atoms with Crippen LogP contribution in [0.25, 0.3) is 0 Å². The number of hydrogen-bond donors (Lipinski definition) is 1. The van der Waals surface area contributed by atoms with E-state index in [1.807, 2.05) is 60.5 Å². The molecule has 7 heteroatoms. The Bertz CT molecular complexity index is 939. The van der Waals surface area contributed by atoms with Crippen LogP contribution in [0.15, 0.2) is 65.8 Å². The van der Waals surface area contributed by atoms with Crippen molar-refractivity contribution in [2.45, 2.75) is 19.4 Å². The third kappa shape index (κ3) is 3.34. The van der Waals surface area contributed by atoms with Crippen molar-refractivity contribution in [2.75, 3.05) is 10.3 Å². The Hall–Kier alpha value is -3.06. The van der Waals surface area contributed by atoms with Crippen molar-refractivity contribution < 1.29 is 4.79 Å². The van der Waals surface area contributed by atoms with Gasteiger partial charge in [-0.1, -0.05) is 59.9 Å². The number of para-hydroxylation sites is 1. The Balaban J connectivity index is 1.62. The highest BCUT2D eigenvalue weighted by atomic mass is 32.1. The van der Waals surface area contributed by atoms with Crippen molar-refractivity contribution >= 4 is 33.8 Å². The zero-order chi connectivity index (χ0) is 17.9. The van der Waals surface area contributed by atoms with E-state index in [0.29, 0.717) is 17.3 Å². The second-order valence-electron chi connectivity index (χ2n) is 5.94. The molecule has 0 spiro atoms. The van der Waals surface area contributed by atoms with Crippen molar-refractivity contribution in [1.82, 2.24) is 10.2 Å². The third-order valence-corrected chi connectivity index (χ3v) is 4.88. The van der Waals surface area contributed by atoms with Gasteiger partial charge in [0.1, 0.15) is 10.7 Å². The highest BCUT2D eigenvalue weighted by molar-refractivity contribution is 7.15. The minimum Gasteiger partial charge on any atom is -0.295 e. The Kier molecular flexibility index (Phi) is 4.45. The molecule has 1 atom stereocenters. The van der Waals surface area contributed by atoms with E-state index in [2.05, 4.69) is 32.7 Å². The fourth-order valence-corrected chi connectivity index (χ4v) is 3.50. The number of carbonyl (C=O) groups is 1. The van der Waals surface area contributed by atoms with Crippen LogP contribution in [0.4, 0.5) is 10.8 Å². The van der Waals surface area contributed by atoms with Crippen molar-refractivity contribution in [3.8, 4) is 0 Å². The molecule has 2 aromatic carbocycles. The van der Waals surface area contributed by atoms with Crippen molar-refractivity contribution in [3.05, 3.63) is 71.2 Å². The summed E-state index contributed by atoms with van der Waals surface area (Å²) in [5.41, 5.74) is 2.56. The maximum Gasteiger partial charge on any atom is 0.273 e. The van der Waals surface area contributed by atoms with Crippen LogP contribution >= 0.6 is 11.3 Å². The first-order chi connectivity index (χ1) is 12.7. The van der Waals surface area contributed by atoms with E-state index >= 15 is 0 Å². The van der Waals surface area contributed by atoms with Crippen LogP contribution in [-0.4, -0.2) is 21.8 Å². The van der Waals surface area contributed by atoms with Crippen LogP contribution in [-0.2, 0) is 4.79 Å². The monoisotopic (exact) mass is 363 g/mol. The summed E-state index contributed by atoms with van der Waals surface area (Å²) >= 11 is 1.35. The number of nitrogens with one attached hydrogen (secondary N) is 1. The molecule has 0 saturated heterocycles. The van der Waals surface area contributed by atoms with Gasteiger partial charge in [0, 0.05) is 6.42 Å². The van der Waals surface area contributed by atoms with Gasteiger partial charge < -0.3 is 0 Å². The lowest BCUT2D eigenvalue weighted by Gasteiger charge is -2.23. The molecule has 6 nitrogen and oxygen atoms in total. The molecule has 4 rings (SSSR count). The lowest BCUT2D eigenvalue weighted by atomic mass is 10.0. The Morgan fingerprint density at radius 3 is 2.42 bits per heavy atom. The highest BCUT2D eigenvalue weighted by Crippen LogP contribution is 2.35. The van der Waals surface area contributed by atoms with E-state index in [-0.39, 0.29) is 11.9 Å². The number of aromatic nitrogens is 2. The van der Waals surface area contributed by atoms with Gasteiger partial charge in [-0.2, -0.15) is 5.10 Å². The number of amides is 1. The maximum atomic E-state index is 12.6. The summed E-state index contributed by atoms with van der Waals surface area (Å²) in [5.74, 6) is -0.236. The van der Waals surface area contributed by atoms with Crippen LogP contribution in [0.1, 0.15) is 23.0 Å². The normalized spacial score (nSPS) is 16.4. The Morgan fingerprint density at radius 2 is 1.77 bits per heavy atom. The molecule has 2 heterocycles. The summed E-state index contributed by atoms with van der Waals surface area (Å²) in [7, 11) is 0. The number of aryl methyl sites for hydroxylation is 1. The van der Waals surface area contributed by atoms with Crippen molar-refractivity contribution in [1.29, 1.82) is 0 Å². The molecule has 0 aliphatic carbocycles. The zero-order valence-electron chi connectivity index (χ0n) is 14.2. The van der Waals surface area contributed by atoms with E-state index in [1.54, 1.807) is 0 Å². The van der Waals surface area contributed by atoms with Gasteiger partial charge in [-0.3, -0.25) is 15.1 Å². The lowest BCUT2D eigenvalue weighted by molar-refractivity contribution is -0.110. The number of rotatable bonds is 4. The SMILES string of the molecule is Cc1nnc(NC(=O)C2=NN(c3ccccc3)C(c3ccccc3)C2)s1. The number of carbonyl (C=O) groups excluding carboxylic acids is 1. The second kappa shape index (κ2) is 7.05. The summed E-state index contributed by atoms with van der Waals surface area (Å²) in [4.78, 5) is 12.6. The molecule has 130 valence electrons. The van der Waals surface area contributed by atoms with Gasteiger partial charge in [0.05, 0.1) is 11.7 Å². The molecule has 1 N–H and O–H groups in total. The summed E-state index contributed by atoms with van der Waals surface area (Å²) in [5, 5.41) is 18.5. The van der Waals surface area contributed by atoms with Crippen molar-refractivity contribution in [2.24, 2.45) is 5.10 Å². The van der Waals surface area contributed by atoms with Gasteiger partial charge in [0.2, 0.25) is 5.13 Å². The number of benzene rings is 2. The van der Waals surface area contributed by atoms with Gasteiger partial charge in [-0.25, -0.2) is 0 Å². The number of anilines is 2. The average molecular weight is 363 g/mol. The quantitative estimate of drug-likeness (QED) is 0.765. The minimum atomic E-state index is -0.236. The molecule has 26 heavy (non-hydrogen) atoms. The molecule has 0 bridgehead atoms. The average Bonchev–Trinajstić information content (AvgIpc) is 3.30. The van der Waals surface area contributed by atoms with Crippen LogP contribution in [0.5, 0.6) is 0 Å². The first kappa shape index (κ1) is 16.4. The Labute approximate surface area is 155 Å². The third-order valence-electron chi connectivity index (χ3n) is 4.12. The standard InChI is InChI=1S/C19H17N5OS/c1-13-21-22-19(26-13)20-18(25)16-12-17(14-8-4-2-5-9-14)24(23-16)15-10-6-3-7-11-15/h2-11,17H,12H2,1H3,(H,20,22,25). The predicted octanol–water partition coefficient (Wildman–Crippen LogP) is 3.79. The fourth-order valence-electron chi connectivity index (χ4n) is 2.92. The van der Waals surface area contributed by atoms with Crippen molar-refractivity contribution in [3.63, 3.8) is 0 Å². The van der Waals surface area contributed by atoms with Gasteiger partial charge in [0.25, 0.3) is 5.91 Å². The van der Waals surface area contributed by atoms with E-state index in [0.717, 1.165) is 16.3 Å². The molecule has 0 radical (unpaired) electrons. The molecule has 0 saturated carbocycles. The summed E-state index contributed by atoms with van der Waals surface area (Å²) in [6, 6.07) is 20.0. The van der Waals surface area contributed by atoms with Gasteiger partial charge >= 0.3 is 0 Å². The second-order valence-corrected chi connectivity index (χ2v) is 7.12. The number of hydrazone groups is 1. The highest BCUT2D eigenvalue weighted by Gasteiger charge is 2.32. The molecular formula is C19H17N5OS. The van der Waals surface area contributed by atoms with E-state index in [9.17, 15) is 4.79 Å². The topological polar surface area (TPSA) is 70.5 Å². The molecule has 1 aliphatic heterocycles. The Morgan fingerprint density at radius 1 is 1.08 bits per heavy atom. The molecule has 0 fully saturated rings. The summed E-state index contributed by atoms with van der Waals surface area (Å²) in [6.45, 7) is 1.85. The molecule has 1 amide bonds. The van der Waals surface area contributed by atoms with Crippen LogP contribution in [0.2, 0.25) is 0 Å². The molecule has 1 aromatic heterocycles. The van der Waals surface area contributed by atoms with Gasteiger partial charge in [0.15, 0.2) is 0 Å². The van der Waals surface area contributed by atoms with E-state index in [1.165, 1.54) is 11.3 Å². The largest absolute Gasteiger partial charge is 0.295 e. The molecule has 1 unspecified atom stereocenters. The predicted molar refractivity (Wildman–Crippen MR) is 103 cm³/mol. The molecular weight excluding hydrogens is 346 g/mol. The fraction of sp³-hybridized carbons (Fsp3) is 0.158. The van der Waals surface area contributed by atoms with Crippen LogP contribution < -0.4 is 10.3 Å². The maximum absolute atomic E-state index is 12.6. The van der Waals surface area contributed by atoms with Gasteiger partial charge in [-0.15, -0.1) is 10.2 Å². The summed E-state index contributed by atoms with van der Waals surface area (Å²) in [6.07, 6.45) is 0.530. The zero-order valence-corrected chi connectivity index (χ0v) is 15.0. The smallest absolute Gasteiger partial charge is 0.273 e. The van der Waals surface area contributed by atoms with E-state index < -0.39 is 0 Å². The van der Waals surface area contributed by atoms with Crippen LogP contribution in [0, 0.1) is 6.92 Å². The van der Waals surface area contributed by atoms with E-state index in [4.69, 9.17) is 0 Å². The summed E-state index contributed by atoms with van der Waals surface area (Å²) < 4.78 is 0. The van der Waals surface area contributed by atoms with Crippen LogP contribution in [0.3, 0.4) is 0 Å².